The fourth-order valence-electron chi connectivity index (χ4n) is 8.13. The van der Waals surface area contributed by atoms with Crippen molar-refractivity contribution in [1.82, 2.24) is 29.4 Å². The van der Waals surface area contributed by atoms with Crippen molar-refractivity contribution in [3.8, 4) is 22.5 Å². The van der Waals surface area contributed by atoms with Gasteiger partial charge in [-0.3, -0.25) is 24.0 Å². The summed E-state index contributed by atoms with van der Waals surface area (Å²) in [5, 5.41) is 11.1. The van der Waals surface area contributed by atoms with Crippen molar-refractivity contribution in [2.24, 2.45) is 0 Å². The zero-order valence-corrected chi connectivity index (χ0v) is 36.5. The predicted molar refractivity (Wildman–Crippen MR) is 243 cm³/mol. The van der Waals surface area contributed by atoms with E-state index in [9.17, 15) is 0 Å². The SMILES string of the molecule is Nc1nn(CC(C(=O)C(Cn2nc(N)c(Br)c2-c2ccccc2)N2CCN(c3ccc(Cl)cc3)CC2)N2CCN(c3ccc(Cl)cc3)CC2)c(-c2ccccc2)c1Br. The average molecular weight is 948 g/mol. The topological polar surface area (TPSA) is 118 Å². The highest BCUT2D eigenvalue weighted by molar-refractivity contribution is 9.11. The average Bonchev–Trinajstić information content (AvgIpc) is 3.70. The Bertz CT molecular complexity index is 2160. The molecule has 2 aromatic heterocycles. The predicted octanol–water partition coefficient (Wildman–Crippen LogP) is 8.06. The van der Waals surface area contributed by atoms with Crippen molar-refractivity contribution in [3.63, 3.8) is 0 Å². The lowest BCUT2D eigenvalue weighted by Gasteiger charge is -2.43. The third kappa shape index (κ3) is 8.66. The molecule has 4 heterocycles. The van der Waals surface area contributed by atoms with Gasteiger partial charge in [-0.2, -0.15) is 10.2 Å². The van der Waals surface area contributed by atoms with E-state index in [1.165, 1.54) is 0 Å². The second-order valence-electron chi connectivity index (χ2n) is 14.6. The van der Waals surface area contributed by atoms with Crippen LogP contribution in [0.15, 0.2) is 118 Å². The first-order chi connectivity index (χ1) is 28.1. The van der Waals surface area contributed by atoms with E-state index in [1.54, 1.807) is 0 Å². The van der Waals surface area contributed by atoms with Gasteiger partial charge >= 0.3 is 0 Å². The highest BCUT2D eigenvalue weighted by atomic mass is 79.9. The van der Waals surface area contributed by atoms with E-state index in [-0.39, 0.29) is 5.78 Å². The number of nitrogen functional groups attached to an aromatic ring is 2. The summed E-state index contributed by atoms with van der Waals surface area (Å²) in [5.41, 5.74) is 18.8. The Kier molecular flexibility index (Phi) is 12.4. The zero-order chi connectivity index (χ0) is 40.3. The number of Topliss-reactive ketones (excluding diaryl/α,β-unsaturated/α-hetero) is 1. The monoisotopic (exact) mass is 944 g/mol. The molecule has 15 heteroatoms. The summed E-state index contributed by atoms with van der Waals surface area (Å²) in [6.07, 6.45) is 0. The van der Waals surface area contributed by atoms with Crippen LogP contribution in [0.5, 0.6) is 0 Å². The number of anilines is 4. The molecule has 2 aliphatic rings. The molecule has 2 atom stereocenters. The fraction of sp³-hybridized carbons (Fsp3) is 0.279. The van der Waals surface area contributed by atoms with Gasteiger partial charge in [-0.05, 0) is 80.4 Å². The molecule has 2 unspecified atom stereocenters. The Hall–Kier alpha value is -4.37. The minimum absolute atomic E-state index is 0.0910. The lowest BCUT2D eigenvalue weighted by molar-refractivity contribution is -0.131. The number of hydrogen-bond acceptors (Lipinski definition) is 9. The Labute approximate surface area is 365 Å². The molecule has 2 aliphatic heterocycles. The van der Waals surface area contributed by atoms with E-state index in [0.29, 0.717) is 69.9 Å². The van der Waals surface area contributed by atoms with Gasteiger partial charge < -0.3 is 21.3 Å². The lowest BCUT2D eigenvalue weighted by atomic mass is 9.99. The molecule has 4 N–H and O–H groups in total. The van der Waals surface area contributed by atoms with E-state index in [2.05, 4.69) is 75.7 Å². The molecule has 0 aliphatic carbocycles. The zero-order valence-electron chi connectivity index (χ0n) is 31.8. The summed E-state index contributed by atoms with van der Waals surface area (Å²) in [4.78, 5) is 25.1. The van der Waals surface area contributed by atoms with Gasteiger partial charge in [-0.25, -0.2) is 0 Å². The largest absolute Gasteiger partial charge is 0.381 e. The lowest BCUT2D eigenvalue weighted by Crippen LogP contribution is -2.61. The molecular weight excluding hydrogens is 903 g/mol. The van der Waals surface area contributed by atoms with E-state index < -0.39 is 12.1 Å². The molecule has 6 aromatic rings. The summed E-state index contributed by atoms with van der Waals surface area (Å²) in [5.74, 6) is 0.835. The van der Waals surface area contributed by atoms with Gasteiger partial charge in [0.2, 0.25) is 0 Å². The molecule has 0 saturated carbocycles. The van der Waals surface area contributed by atoms with Crippen molar-refractivity contribution >= 4 is 83.9 Å². The quantitative estimate of drug-likeness (QED) is 0.126. The second-order valence-corrected chi connectivity index (χ2v) is 17.1. The highest BCUT2D eigenvalue weighted by Gasteiger charge is 2.39. The molecule has 0 spiro atoms. The first-order valence-corrected chi connectivity index (χ1v) is 21.7. The maximum absolute atomic E-state index is 15.8. The number of nitrogens with two attached hydrogens (primary N) is 2. The number of benzene rings is 4. The van der Waals surface area contributed by atoms with Crippen LogP contribution >= 0.6 is 55.1 Å². The standard InChI is InChI=1S/C43H44Br2Cl2N10O/c44-37-39(29-7-3-1-4-8-29)56(50-42(37)48)27-35(54-23-19-52(20-24-54)33-15-11-31(46)12-16-33)41(58)36(55-25-21-53(22-26-55)34-17-13-32(47)14-18-34)28-57-40(38(45)43(49)51-57)30-9-5-2-6-10-30/h1-18,35-36H,19-28H2,(H2,48,50)(H2,49,51). The van der Waals surface area contributed by atoms with Crippen LogP contribution in [0.4, 0.5) is 23.0 Å². The summed E-state index contributed by atoms with van der Waals surface area (Å²) in [7, 11) is 0. The second kappa shape index (κ2) is 17.9. The molecular formula is C43H44Br2Cl2N10O. The number of ketones is 1. The summed E-state index contributed by atoms with van der Waals surface area (Å²) in [6, 6.07) is 34.9. The molecule has 8 rings (SSSR count). The van der Waals surface area contributed by atoms with Crippen molar-refractivity contribution in [3.05, 3.63) is 128 Å². The normalized spacial score (nSPS) is 16.4. The first kappa shape index (κ1) is 40.4. The molecule has 300 valence electrons. The van der Waals surface area contributed by atoms with Crippen LogP contribution < -0.4 is 21.3 Å². The van der Waals surface area contributed by atoms with Gasteiger partial charge in [-0.1, -0.05) is 83.9 Å². The van der Waals surface area contributed by atoms with Crippen LogP contribution in [-0.2, 0) is 17.9 Å². The number of halogens is 4. The van der Waals surface area contributed by atoms with E-state index >= 15 is 4.79 Å². The van der Waals surface area contributed by atoms with Crippen LogP contribution in [0.2, 0.25) is 10.0 Å². The third-order valence-corrected chi connectivity index (χ3v) is 13.2. The number of piperazine rings is 2. The van der Waals surface area contributed by atoms with Gasteiger partial charge in [0.25, 0.3) is 0 Å². The van der Waals surface area contributed by atoms with Gasteiger partial charge in [0, 0.05) is 84.9 Å². The summed E-state index contributed by atoms with van der Waals surface area (Å²) >= 11 is 19.9. The van der Waals surface area contributed by atoms with E-state index in [1.807, 2.05) is 94.3 Å². The summed E-state index contributed by atoms with van der Waals surface area (Å²) in [6.45, 7) is 6.26. The van der Waals surface area contributed by atoms with Crippen molar-refractivity contribution in [2.45, 2.75) is 25.2 Å². The van der Waals surface area contributed by atoms with Crippen LogP contribution in [0.1, 0.15) is 0 Å². The van der Waals surface area contributed by atoms with Gasteiger partial charge in [-0.15, -0.1) is 0 Å². The molecule has 0 amide bonds. The van der Waals surface area contributed by atoms with Crippen molar-refractivity contribution in [1.29, 1.82) is 0 Å². The maximum atomic E-state index is 15.8. The fourth-order valence-corrected chi connectivity index (χ4v) is 9.41. The van der Waals surface area contributed by atoms with Crippen LogP contribution in [0.25, 0.3) is 22.5 Å². The molecule has 11 nitrogen and oxygen atoms in total. The van der Waals surface area contributed by atoms with Crippen LogP contribution in [0, 0.1) is 0 Å². The Morgan fingerprint density at radius 3 is 1.24 bits per heavy atom. The van der Waals surface area contributed by atoms with Crippen molar-refractivity contribution in [2.75, 3.05) is 73.6 Å². The molecule has 2 fully saturated rings. The van der Waals surface area contributed by atoms with E-state index in [4.69, 9.17) is 44.9 Å². The van der Waals surface area contributed by atoms with Gasteiger partial charge in [0.05, 0.1) is 45.5 Å². The maximum Gasteiger partial charge on any atom is 0.170 e. The minimum Gasteiger partial charge on any atom is -0.381 e. The third-order valence-electron chi connectivity index (χ3n) is 11.2. The van der Waals surface area contributed by atoms with Crippen LogP contribution in [-0.4, -0.2) is 99.6 Å². The Morgan fingerprint density at radius 2 is 0.897 bits per heavy atom. The van der Waals surface area contributed by atoms with Crippen molar-refractivity contribution < 1.29 is 4.79 Å². The number of aromatic nitrogens is 4. The number of nitrogens with zero attached hydrogens (tertiary/aromatic N) is 8. The smallest absolute Gasteiger partial charge is 0.170 e. The highest BCUT2D eigenvalue weighted by Crippen LogP contribution is 2.35. The van der Waals surface area contributed by atoms with E-state index in [0.717, 1.165) is 60.1 Å². The Morgan fingerprint density at radius 1 is 0.552 bits per heavy atom. The Balaban J connectivity index is 1.16. The number of carbonyl (C=O) groups excluding carboxylic acids is 1. The molecule has 2 saturated heterocycles. The molecule has 0 radical (unpaired) electrons. The van der Waals surface area contributed by atoms with Crippen LogP contribution in [0.3, 0.4) is 0 Å². The first-order valence-electron chi connectivity index (χ1n) is 19.3. The molecule has 58 heavy (non-hydrogen) atoms. The van der Waals surface area contributed by atoms with Gasteiger partial charge in [0.15, 0.2) is 17.4 Å². The minimum atomic E-state index is -0.545. The number of carbonyl (C=O) groups is 1. The van der Waals surface area contributed by atoms with Gasteiger partial charge in [0.1, 0.15) is 0 Å². The summed E-state index contributed by atoms with van der Waals surface area (Å²) < 4.78 is 5.21. The molecule has 0 bridgehead atoms. The number of hydrogen-bond donors (Lipinski definition) is 2. The number of rotatable bonds is 12. The molecule has 4 aromatic carbocycles.